The van der Waals surface area contributed by atoms with Gasteiger partial charge in [0.2, 0.25) is 0 Å². The number of ether oxygens (including phenoxy) is 2. The Hall–Kier alpha value is -3.67. The fourth-order valence-electron chi connectivity index (χ4n) is 4.54. The Morgan fingerprint density at radius 2 is 1.87 bits per heavy atom. The molecule has 0 saturated heterocycles. The molecule has 4 N–H and O–H groups in total. The lowest BCUT2D eigenvalue weighted by molar-refractivity contribution is -0.153. The van der Waals surface area contributed by atoms with Crippen LogP contribution in [0.1, 0.15) is 34.8 Å². The number of anilines is 1. The minimum absolute atomic E-state index is 0.0360. The second kappa shape index (κ2) is 12.7. The molecular weight excluding hydrogens is 507 g/mol. The average molecular weight is 540 g/mol. The SMILES string of the molecule is CC(Cc1cc2c(c(C(N)=O)c1)N(CCCO)CC2)N(CCOc1ccccc1OCC(F)(F)F)C(=O)O. The van der Waals surface area contributed by atoms with E-state index in [1.807, 2.05) is 11.0 Å². The normalized spacial score (nSPS) is 13.7. The van der Waals surface area contributed by atoms with Gasteiger partial charge in [0.15, 0.2) is 18.1 Å². The molecule has 1 atom stereocenters. The number of fused-ring (bicyclic) bond motifs is 1. The first-order valence-corrected chi connectivity index (χ1v) is 12.2. The molecule has 0 aromatic heterocycles. The molecule has 0 spiro atoms. The standard InChI is InChI=1S/C26H32F3N3O6/c1-17(13-18-14-19-7-9-31(8-4-11-33)23(19)20(15-18)24(30)34)32(25(35)36)10-12-37-21-5-2-3-6-22(21)38-16-26(27,28)29/h2-3,5-6,14-15,17,33H,4,7-13,16H2,1H3,(H2,30,34)(H,35,36). The largest absolute Gasteiger partial charge is 0.488 e. The Labute approximate surface area is 218 Å². The van der Waals surface area contributed by atoms with Gasteiger partial charge in [-0.05, 0) is 55.5 Å². The zero-order valence-electron chi connectivity index (χ0n) is 21.0. The van der Waals surface area contributed by atoms with Crippen LogP contribution in [-0.2, 0) is 12.8 Å². The van der Waals surface area contributed by atoms with Crippen LogP contribution in [0.3, 0.4) is 0 Å². The summed E-state index contributed by atoms with van der Waals surface area (Å²) in [5, 5.41) is 18.9. The van der Waals surface area contributed by atoms with Crippen LogP contribution in [0.5, 0.6) is 11.5 Å². The first-order valence-electron chi connectivity index (χ1n) is 12.2. The summed E-state index contributed by atoms with van der Waals surface area (Å²) in [5.74, 6) is -0.600. The van der Waals surface area contributed by atoms with Crippen LogP contribution in [-0.4, -0.2) is 78.8 Å². The fraction of sp³-hybridized carbons (Fsp3) is 0.462. The number of amides is 2. The molecule has 2 amide bonds. The number of halogens is 3. The third kappa shape index (κ3) is 7.67. The molecule has 0 radical (unpaired) electrons. The number of aliphatic hydroxyl groups is 1. The summed E-state index contributed by atoms with van der Waals surface area (Å²) in [5.41, 5.74) is 8.48. The van der Waals surface area contributed by atoms with Crippen molar-refractivity contribution >= 4 is 17.7 Å². The van der Waals surface area contributed by atoms with Crippen molar-refractivity contribution in [1.29, 1.82) is 0 Å². The van der Waals surface area contributed by atoms with Gasteiger partial charge >= 0.3 is 12.3 Å². The zero-order valence-corrected chi connectivity index (χ0v) is 21.0. The smallest absolute Gasteiger partial charge is 0.422 e. The Kier molecular flexibility index (Phi) is 9.67. The van der Waals surface area contributed by atoms with Gasteiger partial charge in [0.05, 0.1) is 17.8 Å². The summed E-state index contributed by atoms with van der Waals surface area (Å²) in [6, 6.07) is 8.99. The van der Waals surface area contributed by atoms with E-state index in [9.17, 15) is 27.9 Å². The minimum atomic E-state index is -4.51. The molecule has 1 aliphatic heterocycles. The molecule has 9 nitrogen and oxygen atoms in total. The quantitative estimate of drug-likeness (QED) is 0.356. The summed E-state index contributed by atoms with van der Waals surface area (Å²) in [4.78, 5) is 27.4. The van der Waals surface area contributed by atoms with Crippen LogP contribution in [0.15, 0.2) is 36.4 Å². The summed E-state index contributed by atoms with van der Waals surface area (Å²) >= 11 is 0. The lowest BCUT2D eigenvalue weighted by Gasteiger charge is -2.27. The molecule has 1 heterocycles. The number of hydrogen-bond acceptors (Lipinski definition) is 6. The van der Waals surface area contributed by atoms with Gasteiger partial charge in [-0.25, -0.2) is 4.79 Å². The topological polar surface area (TPSA) is 126 Å². The lowest BCUT2D eigenvalue weighted by atomic mass is 9.97. The Morgan fingerprint density at radius 1 is 1.18 bits per heavy atom. The predicted molar refractivity (Wildman–Crippen MR) is 134 cm³/mol. The predicted octanol–water partition coefficient (Wildman–Crippen LogP) is 3.46. The molecule has 208 valence electrons. The van der Waals surface area contributed by atoms with E-state index in [1.165, 1.54) is 23.1 Å². The van der Waals surface area contributed by atoms with Crippen LogP contribution in [0.4, 0.5) is 23.7 Å². The molecule has 38 heavy (non-hydrogen) atoms. The van der Waals surface area contributed by atoms with E-state index in [4.69, 9.17) is 20.3 Å². The van der Waals surface area contributed by atoms with Crippen LogP contribution < -0.4 is 20.1 Å². The van der Waals surface area contributed by atoms with Crippen molar-refractivity contribution in [1.82, 2.24) is 4.90 Å². The number of carboxylic acid groups (broad SMARTS) is 1. The summed E-state index contributed by atoms with van der Waals surface area (Å²) in [7, 11) is 0. The second-order valence-corrected chi connectivity index (χ2v) is 9.06. The number of nitrogens with two attached hydrogens (primary N) is 1. The number of primary amides is 1. The Morgan fingerprint density at radius 3 is 2.47 bits per heavy atom. The fourth-order valence-corrected chi connectivity index (χ4v) is 4.54. The molecule has 1 unspecified atom stereocenters. The van der Waals surface area contributed by atoms with Gasteiger partial charge in [0.25, 0.3) is 5.91 Å². The maximum Gasteiger partial charge on any atom is 0.422 e. The molecule has 0 aliphatic carbocycles. The van der Waals surface area contributed by atoms with Gasteiger partial charge in [0, 0.05) is 25.7 Å². The Balaban J connectivity index is 1.67. The number of benzene rings is 2. The number of rotatable bonds is 13. The molecule has 3 rings (SSSR count). The third-order valence-electron chi connectivity index (χ3n) is 6.21. The molecule has 0 bridgehead atoms. The number of carbonyl (C=O) groups is 2. The highest BCUT2D eigenvalue weighted by molar-refractivity contribution is 6.00. The molecule has 0 fully saturated rings. The van der Waals surface area contributed by atoms with Crippen molar-refractivity contribution in [3.8, 4) is 11.5 Å². The van der Waals surface area contributed by atoms with Crippen molar-refractivity contribution in [3.05, 3.63) is 53.1 Å². The van der Waals surface area contributed by atoms with Crippen molar-refractivity contribution in [2.24, 2.45) is 5.73 Å². The van der Waals surface area contributed by atoms with Gasteiger partial charge in [0.1, 0.15) is 6.61 Å². The number of carbonyl (C=O) groups excluding carboxylic acids is 1. The third-order valence-corrected chi connectivity index (χ3v) is 6.21. The van der Waals surface area contributed by atoms with E-state index in [0.29, 0.717) is 37.9 Å². The molecule has 12 heteroatoms. The molecule has 2 aromatic carbocycles. The van der Waals surface area contributed by atoms with Crippen LogP contribution in [0.2, 0.25) is 0 Å². The molecule has 0 saturated carbocycles. The highest BCUT2D eigenvalue weighted by Crippen LogP contribution is 2.34. The van der Waals surface area contributed by atoms with E-state index in [-0.39, 0.29) is 31.3 Å². The van der Waals surface area contributed by atoms with Crippen molar-refractivity contribution in [2.45, 2.75) is 38.4 Å². The van der Waals surface area contributed by atoms with Gasteiger partial charge in [-0.15, -0.1) is 0 Å². The molecule has 1 aliphatic rings. The van der Waals surface area contributed by atoms with E-state index < -0.39 is 30.8 Å². The average Bonchev–Trinajstić information content (AvgIpc) is 3.26. The monoisotopic (exact) mass is 539 g/mol. The van der Waals surface area contributed by atoms with Crippen molar-refractivity contribution in [2.75, 3.05) is 44.4 Å². The van der Waals surface area contributed by atoms with E-state index in [2.05, 4.69) is 0 Å². The first-order chi connectivity index (χ1) is 18.0. The number of nitrogens with zero attached hydrogens (tertiary/aromatic N) is 2. The number of hydrogen-bond donors (Lipinski definition) is 3. The molecule has 2 aromatic rings. The van der Waals surface area contributed by atoms with Crippen LogP contribution in [0, 0.1) is 0 Å². The van der Waals surface area contributed by atoms with Gasteiger partial charge < -0.3 is 35.2 Å². The Bertz CT molecular complexity index is 1130. The molecular formula is C26H32F3N3O6. The first kappa shape index (κ1) is 28.9. The van der Waals surface area contributed by atoms with Crippen LogP contribution >= 0.6 is 0 Å². The summed E-state index contributed by atoms with van der Waals surface area (Å²) in [6.45, 7) is 1.41. The van der Waals surface area contributed by atoms with E-state index >= 15 is 0 Å². The van der Waals surface area contributed by atoms with Crippen LogP contribution in [0.25, 0.3) is 0 Å². The number of para-hydroxylation sites is 2. The van der Waals surface area contributed by atoms with E-state index in [1.54, 1.807) is 19.1 Å². The highest BCUT2D eigenvalue weighted by atomic mass is 19.4. The van der Waals surface area contributed by atoms with Gasteiger partial charge in [-0.1, -0.05) is 18.2 Å². The maximum atomic E-state index is 12.5. The number of aliphatic hydroxyl groups excluding tert-OH is 1. The lowest BCUT2D eigenvalue weighted by Crippen LogP contribution is -2.41. The summed E-state index contributed by atoms with van der Waals surface area (Å²) in [6.07, 6.45) is -4.12. The number of alkyl halides is 3. The van der Waals surface area contributed by atoms with Crippen molar-refractivity contribution in [3.63, 3.8) is 0 Å². The van der Waals surface area contributed by atoms with E-state index in [0.717, 1.165) is 16.8 Å². The highest BCUT2D eigenvalue weighted by Gasteiger charge is 2.29. The van der Waals surface area contributed by atoms with Crippen molar-refractivity contribution < 1.29 is 42.4 Å². The van der Waals surface area contributed by atoms with Gasteiger partial charge in [-0.3, -0.25) is 4.79 Å². The van der Waals surface area contributed by atoms with Gasteiger partial charge in [-0.2, -0.15) is 13.2 Å². The second-order valence-electron chi connectivity index (χ2n) is 9.06. The minimum Gasteiger partial charge on any atom is -0.488 e. The zero-order chi connectivity index (χ0) is 27.9. The summed E-state index contributed by atoms with van der Waals surface area (Å²) < 4.78 is 47.9. The maximum absolute atomic E-state index is 12.5.